The highest BCUT2D eigenvalue weighted by Gasteiger charge is 2.17. The fourth-order valence-corrected chi connectivity index (χ4v) is 2.31. The fraction of sp³-hybridized carbons (Fsp3) is 0.400. The molecule has 1 N–H and O–H groups in total. The average molecular weight is 293 g/mol. The maximum Gasteiger partial charge on any atom is 0.325 e. The molecule has 0 saturated carbocycles. The minimum absolute atomic E-state index is 0.0647. The van der Waals surface area contributed by atoms with E-state index in [1.165, 1.54) is 7.11 Å². The van der Waals surface area contributed by atoms with E-state index in [1.54, 1.807) is 44.0 Å². The zero-order chi connectivity index (χ0) is 15.6. The summed E-state index contributed by atoms with van der Waals surface area (Å²) < 4.78 is 17.0. The van der Waals surface area contributed by atoms with Gasteiger partial charge in [0.05, 0.1) is 33.0 Å². The van der Waals surface area contributed by atoms with Crippen molar-refractivity contribution < 1.29 is 24.1 Å². The Kier molecular flexibility index (Phi) is 4.37. The highest BCUT2D eigenvalue weighted by molar-refractivity contribution is 5.89. The van der Waals surface area contributed by atoms with Crippen LogP contribution in [0.25, 0.3) is 10.9 Å². The fourth-order valence-electron chi connectivity index (χ4n) is 2.31. The number of fused-ring (bicyclic) bond motifs is 1. The van der Waals surface area contributed by atoms with Crippen LogP contribution in [0.3, 0.4) is 0 Å². The Balaban J connectivity index is 2.66. The van der Waals surface area contributed by atoms with Crippen molar-refractivity contribution >= 4 is 16.9 Å². The predicted octanol–water partition coefficient (Wildman–Crippen LogP) is 1.88. The Morgan fingerprint density at radius 3 is 2.38 bits per heavy atom. The van der Waals surface area contributed by atoms with E-state index in [-0.39, 0.29) is 12.5 Å². The van der Waals surface area contributed by atoms with Gasteiger partial charge in [0, 0.05) is 23.2 Å². The molecule has 0 aliphatic heterocycles. The Morgan fingerprint density at radius 1 is 1.24 bits per heavy atom. The number of aliphatic hydroxyl groups is 1. The Bertz CT molecular complexity index is 660. The summed E-state index contributed by atoms with van der Waals surface area (Å²) in [5.74, 6) is 0.771. The van der Waals surface area contributed by atoms with Crippen LogP contribution in [0.4, 0.5) is 0 Å². The number of carbonyl (C=O) groups is 1. The average Bonchev–Trinajstić information content (AvgIpc) is 2.83. The highest BCUT2D eigenvalue weighted by atomic mass is 16.5. The molecule has 0 radical (unpaired) electrons. The topological polar surface area (TPSA) is 69.9 Å². The molecule has 2 rings (SSSR count). The first-order chi connectivity index (χ1) is 10.0. The highest BCUT2D eigenvalue weighted by Crippen LogP contribution is 2.36. The van der Waals surface area contributed by atoms with Gasteiger partial charge in [0.25, 0.3) is 0 Å². The lowest BCUT2D eigenvalue weighted by Crippen LogP contribution is -2.10. The summed E-state index contributed by atoms with van der Waals surface area (Å²) in [7, 11) is 4.44. The second kappa shape index (κ2) is 6.05. The molecule has 6 nitrogen and oxygen atoms in total. The van der Waals surface area contributed by atoms with Gasteiger partial charge < -0.3 is 23.9 Å². The van der Waals surface area contributed by atoms with Crippen LogP contribution in [0.15, 0.2) is 18.3 Å². The first-order valence-corrected chi connectivity index (χ1v) is 6.51. The molecular formula is C15H19NO5. The van der Waals surface area contributed by atoms with Gasteiger partial charge in [0.1, 0.15) is 6.54 Å². The number of esters is 1. The smallest absolute Gasteiger partial charge is 0.325 e. The summed E-state index contributed by atoms with van der Waals surface area (Å²) in [4.78, 5) is 11.5. The van der Waals surface area contributed by atoms with Crippen LogP contribution in [-0.4, -0.2) is 37.0 Å². The van der Waals surface area contributed by atoms with Gasteiger partial charge in [-0.3, -0.25) is 4.79 Å². The molecule has 6 heteroatoms. The van der Waals surface area contributed by atoms with Crippen LogP contribution < -0.4 is 9.47 Å². The van der Waals surface area contributed by atoms with Crippen LogP contribution in [-0.2, 0) is 16.1 Å². The first kappa shape index (κ1) is 15.2. The number of benzene rings is 1. The molecule has 1 heterocycles. The number of methoxy groups -OCH3 is 3. The molecule has 0 fully saturated rings. The number of aromatic nitrogens is 1. The number of ether oxygens (including phenoxy) is 3. The van der Waals surface area contributed by atoms with Crippen molar-refractivity contribution in [3.8, 4) is 11.5 Å². The zero-order valence-corrected chi connectivity index (χ0v) is 12.5. The van der Waals surface area contributed by atoms with Crippen molar-refractivity contribution in [1.29, 1.82) is 0 Å². The third kappa shape index (κ3) is 2.80. The monoisotopic (exact) mass is 293 g/mol. The molecular weight excluding hydrogens is 274 g/mol. The standard InChI is InChI=1S/C15H19NO5/c1-9(17)11-7-16(8-15(18)21-4)12-6-14(20-3)13(19-2)5-10(11)12/h5-7,9,17H,8H2,1-4H3. The van der Waals surface area contributed by atoms with Gasteiger partial charge in [-0.15, -0.1) is 0 Å². The van der Waals surface area contributed by atoms with Crippen LogP contribution >= 0.6 is 0 Å². The molecule has 21 heavy (non-hydrogen) atoms. The molecule has 0 amide bonds. The van der Waals surface area contributed by atoms with Gasteiger partial charge in [0.15, 0.2) is 11.5 Å². The minimum atomic E-state index is -0.663. The molecule has 1 aromatic carbocycles. The number of aliphatic hydroxyl groups excluding tert-OH is 1. The van der Waals surface area contributed by atoms with Gasteiger partial charge in [-0.05, 0) is 13.0 Å². The molecule has 0 saturated heterocycles. The summed E-state index contributed by atoms with van der Waals surface area (Å²) in [5.41, 5.74) is 1.49. The van der Waals surface area contributed by atoms with Crippen LogP contribution in [0.5, 0.6) is 11.5 Å². The third-order valence-corrected chi connectivity index (χ3v) is 3.39. The Hall–Kier alpha value is -2.21. The molecule has 0 spiro atoms. The second-order valence-electron chi connectivity index (χ2n) is 4.69. The van der Waals surface area contributed by atoms with E-state index in [1.807, 2.05) is 0 Å². The minimum Gasteiger partial charge on any atom is -0.493 e. The summed E-state index contributed by atoms with van der Waals surface area (Å²) >= 11 is 0. The number of carbonyl (C=O) groups excluding carboxylic acids is 1. The van der Waals surface area contributed by atoms with Crippen molar-refractivity contribution in [2.75, 3.05) is 21.3 Å². The molecule has 114 valence electrons. The van der Waals surface area contributed by atoms with E-state index >= 15 is 0 Å². The van der Waals surface area contributed by atoms with Gasteiger partial charge in [-0.25, -0.2) is 0 Å². The van der Waals surface area contributed by atoms with E-state index in [4.69, 9.17) is 14.2 Å². The van der Waals surface area contributed by atoms with Crippen molar-refractivity contribution in [1.82, 2.24) is 4.57 Å². The van der Waals surface area contributed by atoms with Gasteiger partial charge in [-0.2, -0.15) is 0 Å². The molecule has 0 bridgehead atoms. The normalized spacial score (nSPS) is 12.2. The van der Waals surface area contributed by atoms with E-state index in [0.717, 1.165) is 16.5 Å². The van der Waals surface area contributed by atoms with E-state index in [2.05, 4.69) is 0 Å². The SMILES string of the molecule is COC(=O)Cn1cc(C(C)O)c2cc(OC)c(OC)cc21. The first-order valence-electron chi connectivity index (χ1n) is 6.51. The van der Waals surface area contributed by atoms with Crippen LogP contribution in [0.1, 0.15) is 18.6 Å². The van der Waals surface area contributed by atoms with Crippen LogP contribution in [0.2, 0.25) is 0 Å². The summed E-state index contributed by atoms with van der Waals surface area (Å²) in [5, 5.41) is 10.7. The lowest BCUT2D eigenvalue weighted by atomic mass is 10.1. The number of hydrogen-bond donors (Lipinski definition) is 1. The summed E-state index contributed by atoms with van der Waals surface area (Å²) in [6.45, 7) is 1.74. The largest absolute Gasteiger partial charge is 0.493 e. The van der Waals surface area contributed by atoms with Gasteiger partial charge in [0.2, 0.25) is 0 Å². The lowest BCUT2D eigenvalue weighted by molar-refractivity contribution is -0.141. The van der Waals surface area contributed by atoms with Crippen LogP contribution in [0, 0.1) is 0 Å². The molecule has 1 aromatic heterocycles. The molecule has 0 aliphatic carbocycles. The van der Waals surface area contributed by atoms with E-state index < -0.39 is 6.10 Å². The number of hydrogen-bond acceptors (Lipinski definition) is 5. The molecule has 0 aliphatic rings. The molecule has 2 aromatic rings. The van der Waals surface area contributed by atoms with Crippen molar-refractivity contribution in [3.05, 3.63) is 23.9 Å². The molecule has 1 atom stereocenters. The maximum atomic E-state index is 11.5. The quantitative estimate of drug-likeness (QED) is 0.852. The second-order valence-corrected chi connectivity index (χ2v) is 4.69. The lowest BCUT2D eigenvalue weighted by Gasteiger charge is -2.10. The van der Waals surface area contributed by atoms with E-state index in [9.17, 15) is 9.90 Å². The zero-order valence-electron chi connectivity index (χ0n) is 12.5. The number of rotatable bonds is 5. The summed E-state index contributed by atoms with van der Waals surface area (Å²) in [6.07, 6.45) is 1.08. The Morgan fingerprint density at radius 2 is 1.86 bits per heavy atom. The van der Waals surface area contributed by atoms with Crippen molar-refractivity contribution in [2.45, 2.75) is 19.6 Å². The van der Waals surface area contributed by atoms with Gasteiger partial charge >= 0.3 is 5.97 Å². The maximum absolute atomic E-state index is 11.5. The van der Waals surface area contributed by atoms with Gasteiger partial charge in [-0.1, -0.05) is 0 Å². The third-order valence-electron chi connectivity index (χ3n) is 3.39. The Labute approximate surface area is 122 Å². The molecule has 1 unspecified atom stereocenters. The van der Waals surface area contributed by atoms with E-state index in [0.29, 0.717) is 11.5 Å². The summed E-state index contributed by atoms with van der Waals surface area (Å²) in [6, 6.07) is 3.58. The predicted molar refractivity (Wildman–Crippen MR) is 77.7 cm³/mol. The van der Waals surface area contributed by atoms with Crippen molar-refractivity contribution in [2.24, 2.45) is 0 Å². The van der Waals surface area contributed by atoms with Crippen molar-refractivity contribution in [3.63, 3.8) is 0 Å². The number of nitrogens with zero attached hydrogens (tertiary/aromatic N) is 1.